The topological polar surface area (TPSA) is 190 Å². The maximum atomic E-state index is 12.8. The Morgan fingerprint density at radius 1 is 1.53 bits per heavy atom. The smallest absolute Gasteiger partial charge is 0.432 e. The predicted octanol–water partition coefficient (Wildman–Crippen LogP) is 0.849. The second-order valence-electron chi connectivity index (χ2n) is 7.23. The number of ether oxygens (including phenoxy) is 3. The molecule has 2 aliphatic heterocycles. The number of hydrogen-bond donors (Lipinski definition) is 2. The quantitative estimate of drug-likeness (QED) is 0.356. The van der Waals surface area contributed by atoms with E-state index in [1.807, 2.05) is 6.07 Å². The highest BCUT2D eigenvalue weighted by atomic mass is 31.2. The minimum absolute atomic E-state index is 0.165. The molecule has 0 amide bonds. The summed E-state index contributed by atoms with van der Waals surface area (Å²) < 4.78 is 44.8. The Hall–Kier alpha value is -2.79. The highest BCUT2D eigenvalue weighted by molar-refractivity contribution is 7.48. The number of aliphatic hydroxyl groups excluding tert-OH is 1. The second-order valence-corrected chi connectivity index (χ2v) is 8.85. The Balaban J connectivity index is 1.52. The fraction of sp³-hybridized carbons (Fsp3) is 0.529. The van der Waals surface area contributed by atoms with Crippen molar-refractivity contribution in [1.82, 2.24) is 14.6 Å². The number of hydrogen-bond acceptors (Lipinski definition) is 13. The van der Waals surface area contributed by atoms with Gasteiger partial charge in [0.2, 0.25) is 12.4 Å². The number of nitrogen functional groups attached to an aromatic ring is 1. The van der Waals surface area contributed by atoms with Crippen LogP contribution < -0.4 is 5.73 Å². The summed E-state index contributed by atoms with van der Waals surface area (Å²) in [6.07, 6.45) is -4.06. The summed E-state index contributed by atoms with van der Waals surface area (Å²) >= 11 is 0. The van der Waals surface area contributed by atoms with E-state index < -0.39 is 50.8 Å². The Bertz CT molecular complexity index is 1120. The van der Waals surface area contributed by atoms with Crippen molar-refractivity contribution in [3.63, 3.8) is 0 Å². The lowest BCUT2D eigenvalue weighted by atomic mass is 9.92. The van der Waals surface area contributed by atoms with E-state index >= 15 is 0 Å². The number of carbonyl (C=O) groups is 1. The number of phosphoric ester groups is 1. The van der Waals surface area contributed by atoms with Crippen LogP contribution in [0, 0.1) is 11.3 Å². The molecule has 2 aromatic rings. The van der Waals surface area contributed by atoms with E-state index in [9.17, 15) is 19.7 Å². The third kappa shape index (κ3) is 3.79. The zero-order valence-electron chi connectivity index (χ0n) is 17.0. The molecule has 172 valence electrons. The van der Waals surface area contributed by atoms with Crippen LogP contribution in [0.1, 0.15) is 19.5 Å². The first-order valence-electron chi connectivity index (χ1n) is 9.46. The Morgan fingerprint density at radius 3 is 3.03 bits per heavy atom. The maximum Gasteiger partial charge on any atom is 0.510 e. The predicted molar refractivity (Wildman–Crippen MR) is 103 cm³/mol. The van der Waals surface area contributed by atoms with Gasteiger partial charge in [0.15, 0.2) is 5.82 Å². The first-order chi connectivity index (χ1) is 15.2. The molecule has 14 nitrogen and oxygen atoms in total. The number of aliphatic hydroxyl groups is 1. The molecule has 4 heterocycles. The third-order valence-corrected chi connectivity index (χ3v) is 6.22. The molecule has 32 heavy (non-hydrogen) atoms. The zero-order chi connectivity index (χ0) is 23.1. The maximum absolute atomic E-state index is 12.8. The molecule has 15 heteroatoms. The molecule has 4 rings (SSSR count). The van der Waals surface area contributed by atoms with Crippen molar-refractivity contribution >= 4 is 25.3 Å². The van der Waals surface area contributed by atoms with Gasteiger partial charge in [-0.05, 0) is 26.0 Å². The Morgan fingerprint density at radius 2 is 2.31 bits per heavy atom. The van der Waals surface area contributed by atoms with Crippen LogP contribution in [0.15, 0.2) is 18.5 Å². The summed E-state index contributed by atoms with van der Waals surface area (Å²) in [5.74, 6) is 0.165. The molecule has 0 aromatic carbocycles. The molecule has 5 atom stereocenters. The van der Waals surface area contributed by atoms with E-state index in [0.29, 0.717) is 5.52 Å². The van der Waals surface area contributed by atoms with Crippen molar-refractivity contribution in [3.05, 3.63) is 24.2 Å². The van der Waals surface area contributed by atoms with Crippen LogP contribution >= 0.6 is 7.82 Å². The highest BCUT2D eigenvalue weighted by Crippen LogP contribution is 2.58. The van der Waals surface area contributed by atoms with Gasteiger partial charge in [-0.25, -0.2) is 23.4 Å². The van der Waals surface area contributed by atoms with Crippen molar-refractivity contribution < 1.29 is 42.2 Å². The standard InChI is InChI=1S/C17H20N5O9P/c1-9(2)29-16(24)26-8-28-32(25)27-5-11-13(31-32)14(23)17(6-18,30-11)12-4-3-10-15(19)20-7-21-22(10)12/h3-4,7,9,11,13-14,23H,5,8H2,1-2H3,(H2,19,20,21)/t11-,13-,14-,17+,32-/m1/s1. The lowest BCUT2D eigenvalue weighted by molar-refractivity contribution is -0.0872. The number of nitriles is 1. The van der Waals surface area contributed by atoms with Crippen molar-refractivity contribution in [2.45, 2.75) is 43.9 Å². The number of carbonyl (C=O) groups excluding carboxylic acids is 1. The van der Waals surface area contributed by atoms with Crippen molar-refractivity contribution in [2.75, 3.05) is 19.1 Å². The summed E-state index contributed by atoms with van der Waals surface area (Å²) in [7, 11) is -4.25. The number of aromatic nitrogens is 3. The van der Waals surface area contributed by atoms with Gasteiger partial charge in [0.05, 0.1) is 18.4 Å². The minimum Gasteiger partial charge on any atom is -0.432 e. The van der Waals surface area contributed by atoms with Gasteiger partial charge in [-0.2, -0.15) is 10.4 Å². The van der Waals surface area contributed by atoms with Crippen molar-refractivity contribution in [2.24, 2.45) is 0 Å². The van der Waals surface area contributed by atoms with Gasteiger partial charge in [0.25, 0.3) is 0 Å². The summed E-state index contributed by atoms with van der Waals surface area (Å²) in [6.45, 7) is 2.14. The average molecular weight is 469 g/mol. The summed E-state index contributed by atoms with van der Waals surface area (Å²) in [4.78, 5) is 15.3. The molecule has 0 bridgehead atoms. The number of phosphoric acid groups is 1. The number of anilines is 1. The lowest BCUT2D eigenvalue weighted by Gasteiger charge is -2.30. The first kappa shape index (κ1) is 22.4. The van der Waals surface area contributed by atoms with Crippen LogP contribution in [0.25, 0.3) is 5.52 Å². The number of fused-ring (bicyclic) bond motifs is 2. The van der Waals surface area contributed by atoms with E-state index in [2.05, 4.69) is 14.8 Å². The average Bonchev–Trinajstić information content (AvgIpc) is 3.28. The number of rotatable bonds is 5. The van der Waals surface area contributed by atoms with Gasteiger partial charge in [-0.3, -0.25) is 9.05 Å². The Labute approximate surface area is 181 Å². The van der Waals surface area contributed by atoms with Gasteiger partial charge < -0.3 is 25.1 Å². The van der Waals surface area contributed by atoms with E-state index in [1.165, 1.54) is 16.9 Å². The minimum atomic E-state index is -4.25. The molecule has 0 aliphatic carbocycles. The SMILES string of the molecule is CC(C)OC(=O)OCO[P@@]1(=O)OC[C@H]2O[C@@](C#N)(c3ccc4c(N)ncnn34)[C@H](O)[C@@H]2O1. The van der Waals surface area contributed by atoms with Gasteiger partial charge in [0, 0.05) is 0 Å². The molecule has 0 saturated carbocycles. The van der Waals surface area contributed by atoms with Crippen molar-refractivity contribution in [3.8, 4) is 6.07 Å². The largest absolute Gasteiger partial charge is 0.510 e. The van der Waals surface area contributed by atoms with Crippen LogP contribution in [0.3, 0.4) is 0 Å². The molecular weight excluding hydrogens is 449 g/mol. The summed E-state index contributed by atoms with van der Waals surface area (Å²) in [5.41, 5.74) is 4.47. The molecule has 0 radical (unpaired) electrons. The third-order valence-electron chi connectivity index (χ3n) is 4.83. The summed E-state index contributed by atoms with van der Waals surface area (Å²) in [6, 6.07) is 5.03. The first-order valence-corrected chi connectivity index (χ1v) is 10.9. The normalized spacial score (nSPS) is 31.9. The fourth-order valence-electron chi connectivity index (χ4n) is 3.44. The number of nitrogens with zero attached hydrogens (tertiary/aromatic N) is 4. The fourth-order valence-corrected chi connectivity index (χ4v) is 4.69. The van der Waals surface area contributed by atoms with E-state index in [0.717, 1.165) is 0 Å². The molecule has 0 unspecified atom stereocenters. The van der Waals surface area contributed by atoms with Crippen LogP contribution in [0.2, 0.25) is 0 Å². The monoisotopic (exact) mass is 469 g/mol. The van der Waals surface area contributed by atoms with Crippen LogP contribution in [-0.2, 0) is 37.9 Å². The molecule has 0 spiro atoms. The van der Waals surface area contributed by atoms with E-state index in [4.69, 9.17) is 28.8 Å². The van der Waals surface area contributed by atoms with Crippen LogP contribution in [-0.4, -0.2) is 63.7 Å². The Kier molecular flexibility index (Phi) is 5.80. The van der Waals surface area contributed by atoms with Gasteiger partial charge in [0.1, 0.15) is 36.2 Å². The molecular formula is C17H20N5O9P. The lowest BCUT2D eigenvalue weighted by Crippen LogP contribution is -2.43. The zero-order valence-corrected chi connectivity index (χ0v) is 17.9. The second kappa shape index (κ2) is 8.28. The van der Waals surface area contributed by atoms with E-state index in [-0.39, 0.29) is 18.1 Å². The highest BCUT2D eigenvalue weighted by Gasteiger charge is 2.62. The molecule has 2 saturated heterocycles. The molecule has 2 fully saturated rings. The van der Waals surface area contributed by atoms with Crippen LogP contribution in [0.4, 0.5) is 10.6 Å². The summed E-state index contributed by atoms with van der Waals surface area (Å²) in [5, 5.41) is 25.0. The van der Waals surface area contributed by atoms with Gasteiger partial charge in [-0.15, -0.1) is 0 Å². The van der Waals surface area contributed by atoms with Gasteiger partial charge >= 0.3 is 14.0 Å². The number of nitrogens with two attached hydrogens (primary N) is 1. The van der Waals surface area contributed by atoms with Crippen LogP contribution in [0.5, 0.6) is 0 Å². The van der Waals surface area contributed by atoms with Gasteiger partial charge in [-0.1, -0.05) is 0 Å². The van der Waals surface area contributed by atoms with Crippen molar-refractivity contribution in [1.29, 1.82) is 5.26 Å². The molecule has 2 aromatic heterocycles. The molecule has 2 aliphatic rings. The molecule has 3 N–H and O–H groups in total. The van der Waals surface area contributed by atoms with E-state index in [1.54, 1.807) is 19.9 Å².